The number of thioether (sulfide) groups is 1. The van der Waals surface area contributed by atoms with Gasteiger partial charge in [-0.15, -0.1) is 0 Å². The van der Waals surface area contributed by atoms with Gasteiger partial charge in [0, 0.05) is 5.75 Å². The number of aliphatic hydroxyl groups is 1. The van der Waals surface area contributed by atoms with Crippen LogP contribution in [0.5, 0.6) is 0 Å². The first-order chi connectivity index (χ1) is 12.5. The highest BCUT2D eigenvalue weighted by molar-refractivity contribution is 8.14. The van der Waals surface area contributed by atoms with E-state index in [1.165, 1.54) is 11.8 Å². The van der Waals surface area contributed by atoms with Crippen LogP contribution in [-0.4, -0.2) is 28.5 Å². The van der Waals surface area contributed by atoms with Crippen molar-refractivity contribution in [1.82, 2.24) is 0 Å². The van der Waals surface area contributed by atoms with Crippen LogP contribution in [0, 0.1) is 6.92 Å². The molecule has 7 heteroatoms. The number of carbonyl (C=O) groups excluding carboxylic acids is 1. The summed E-state index contributed by atoms with van der Waals surface area (Å²) in [6, 6.07) is 12.8. The molecule has 0 saturated carbocycles. The minimum atomic E-state index is -0.222. The Hall–Kier alpha value is -1.79. The molecule has 0 saturated heterocycles. The first-order valence-electron chi connectivity index (χ1n) is 7.90. The molecule has 0 bridgehead atoms. The number of anilines is 1. The SMILES string of the molecule is Cc1ccc(N2C(=O)/C(=C\c3ccc(Cl)c(Cl)c3)N=C2SCCO)cc1. The zero-order valence-electron chi connectivity index (χ0n) is 13.9. The van der Waals surface area contributed by atoms with Crippen LogP contribution in [-0.2, 0) is 4.79 Å². The molecule has 0 atom stereocenters. The average molecular weight is 407 g/mol. The van der Waals surface area contributed by atoms with E-state index < -0.39 is 0 Å². The largest absolute Gasteiger partial charge is 0.396 e. The molecule has 134 valence electrons. The molecule has 1 heterocycles. The predicted molar refractivity (Wildman–Crippen MR) is 110 cm³/mol. The highest BCUT2D eigenvalue weighted by Gasteiger charge is 2.31. The first-order valence-corrected chi connectivity index (χ1v) is 9.64. The van der Waals surface area contributed by atoms with Gasteiger partial charge in [-0.25, -0.2) is 4.99 Å². The smallest absolute Gasteiger partial charge is 0.283 e. The average Bonchev–Trinajstić information content (AvgIpc) is 2.93. The van der Waals surface area contributed by atoms with Crippen molar-refractivity contribution in [1.29, 1.82) is 0 Å². The maximum Gasteiger partial charge on any atom is 0.283 e. The van der Waals surface area contributed by atoms with E-state index in [9.17, 15) is 4.79 Å². The van der Waals surface area contributed by atoms with Gasteiger partial charge in [0.1, 0.15) is 5.70 Å². The number of hydrogen-bond acceptors (Lipinski definition) is 4. The molecular formula is C19H16Cl2N2O2S. The number of benzene rings is 2. The van der Waals surface area contributed by atoms with Crippen molar-refractivity contribution in [3.8, 4) is 0 Å². The lowest BCUT2D eigenvalue weighted by Crippen LogP contribution is -2.30. The summed E-state index contributed by atoms with van der Waals surface area (Å²) in [4.78, 5) is 19.0. The van der Waals surface area contributed by atoms with Crippen LogP contribution < -0.4 is 4.90 Å². The Morgan fingerprint density at radius 3 is 2.54 bits per heavy atom. The number of halogens is 2. The van der Waals surface area contributed by atoms with E-state index >= 15 is 0 Å². The van der Waals surface area contributed by atoms with E-state index in [4.69, 9.17) is 28.3 Å². The molecule has 2 aromatic rings. The van der Waals surface area contributed by atoms with Gasteiger partial charge in [-0.05, 0) is 42.8 Å². The first kappa shape index (κ1) is 19.0. The number of hydrogen-bond donors (Lipinski definition) is 1. The molecule has 1 aliphatic heterocycles. The molecule has 0 aliphatic carbocycles. The van der Waals surface area contributed by atoms with Gasteiger partial charge in [0.25, 0.3) is 5.91 Å². The third kappa shape index (κ3) is 4.13. The standard InChI is InChI=1S/C19H16Cl2N2O2S/c1-12-2-5-14(6-3-12)23-18(25)17(22-19(23)26-9-8-24)11-13-4-7-15(20)16(21)10-13/h2-7,10-11,24H,8-9H2,1H3/b17-11+. The lowest BCUT2D eigenvalue weighted by molar-refractivity contribution is -0.113. The van der Waals surface area contributed by atoms with Gasteiger partial charge in [-0.1, -0.05) is 58.7 Å². The Labute approximate surface area is 166 Å². The predicted octanol–water partition coefficient (Wildman–Crippen LogP) is 4.77. The summed E-state index contributed by atoms with van der Waals surface area (Å²) >= 11 is 13.3. The summed E-state index contributed by atoms with van der Waals surface area (Å²) in [5.74, 6) is 0.231. The van der Waals surface area contributed by atoms with Crippen LogP contribution in [0.3, 0.4) is 0 Å². The minimum absolute atomic E-state index is 0.00541. The molecule has 0 unspecified atom stereocenters. The zero-order chi connectivity index (χ0) is 18.7. The maximum absolute atomic E-state index is 12.9. The van der Waals surface area contributed by atoms with E-state index in [1.54, 1.807) is 29.2 Å². The fourth-order valence-corrected chi connectivity index (χ4v) is 3.47. The van der Waals surface area contributed by atoms with Gasteiger partial charge in [-0.3, -0.25) is 9.69 Å². The lowest BCUT2D eigenvalue weighted by atomic mass is 10.2. The lowest BCUT2D eigenvalue weighted by Gasteiger charge is -2.17. The molecule has 0 radical (unpaired) electrons. The Bertz CT molecular complexity index is 895. The molecule has 26 heavy (non-hydrogen) atoms. The van der Waals surface area contributed by atoms with Gasteiger partial charge in [0.2, 0.25) is 0 Å². The van der Waals surface area contributed by atoms with Crippen molar-refractivity contribution < 1.29 is 9.90 Å². The number of nitrogens with zero attached hydrogens (tertiary/aromatic N) is 2. The summed E-state index contributed by atoms with van der Waals surface area (Å²) in [5, 5.41) is 10.5. The van der Waals surface area contributed by atoms with Gasteiger partial charge in [0.15, 0.2) is 5.17 Å². The molecule has 2 aromatic carbocycles. The molecule has 3 rings (SSSR count). The Morgan fingerprint density at radius 1 is 1.15 bits per heavy atom. The second-order valence-electron chi connectivity index (χ2n) is 5.65. The van der Waals surface area contributed by atoms with Gasteiger partial charge < -0.3 is 5.11 Å². The fourth-order valence-electron chi connectivity index (χ4n) is 2.41. The van der Waals surface area contributed by atoms with Crippen LogP contribution in [0.1, 0.15) is 11.1 Å². The van der Waals surface area contributed by atoms with Crippen molar-refractivity contribution in [2.24, 2.45) is 4.99 Å². The van der Waals surface area contributed by atoms with Crippen LogP contribution in [0.2, 0.25) is 10.0 Å². The van der Waals surface area contributed by atoms with Crippen LogP contribution in [0.15, 0.2) is 53.2 Å². The zero-order valence-corrected chi connectivity index (χ0v) is 16.3. The molecule has 4 nitrogen and oxygen atoms in total. The summed E-state index contributed by atoms with van der Waals surface area (Å²) in [5.41, 5.74) is 2.89. The number of carbonyl (C=O) groups is 1. The second-order valence-corrected chi connectivity index (χ2v) is 7.52. The van der Waals surface area contributed by atoms with Crippen LogP contribution in [0.4, 0.5) is 5.69 Å². The minimum Gasteiger partial charge on any atom is -0.396 e. The van der Waals surface area contributed by atoms with Crippen molar-refractivity contribution in [3.05, 3.63) is 69.3 Å². The highest BCUT2D eigenvalue weighted by Crippen LogP contribution is 2.30. The number of amides is 1. The van der Waals surface area contributed by atoms with Gasteiger partial charge in [0.05, 0.1) is 22.3 Å². The Morgan fingerprint density at radius 2 is 1.88 bits per heavy atom. The summed E-state index contributed by atoms with van der Waals surface area (Å²) < 4.78 is 0. The second kappa shape index (κ2) is 8.27. The quantitative estimate of drug-likeness (QED) is 0.743. The monoisotopic (exact) mass is 406 g/mol. The highest BCUT2D eigenvalue weighted by atomic mass is 35.5. The Balaban J connectivity index is 1.97. The fraction of sp³-hybridized carbons (Fsp3) is 0.158. The van der Waals surface area contributed by atoms with Crippen molar-refractivity contribution in [2.45, 2.75) is 6.92 Å². The van der Waals surface area contributed by atoms with Crippen molar-refractivity contribution in [2.75, 3.05) is 17.3 Å². The summed E-state index contributed by atoms with van der Waals surface area (Å²) in [6.07, 6.45) is 1.68. The molecule has 1 amide bonds. The molecule has 0 fully saturated rings. The van der Waals surface area contributed by atoms with E-state index in [2.05, 4.69) is 4.99 Å². The maximum atomic E-state index is 12.9. The number of aliphatic imine (C=N–C) groups is 1. The molecule has 0 aromatic heterocycles. The van der Waals surface area contributed by atoms with E-state index in [0.29, 0.717) is 26.7 Å². The number of rotatable bonds is 4. The molecule has 1 aliphatic rings. The van der Waals surface area contributed by atoms with Gasteiger partial charge in [-0.2, -0.15) is 0 Å². The normalized spacial score (nSPS) is 15.7. The van der Waals surface area contributed by atoms with Crippen molar-refractivity contribution >= 4 is 57.8 Å². The summed E-state index contributed by atoms with van der Waals surface area (Å²) in [6.45, 7) is 1.99. The van der Waals surface area contributed by atoms with Crippen molar-refractivity contribution in [3.63, 3.8) is 0 Å². The third-order valence-corrected chi connectivity index (χ3v) is 5.35. The molecule has 1 N–H and O–H groups in total. The topological polar surface area (TPSA) is 52.9 Å². The van der Waals surface area contributed by atoms with Crippen LogP contribution >= 0.6 is 35.0 Å². The number of aliphatic hydroxyl groups excluding tert-OH is 1. The molecule has 0 spiro atoms. The number of amidine groups is 1. The third-order valence-electron chi connectivity index (χ3n) is 3.69. The van der Waals surface area contributed by atoms with Crippen LogP contribution in [0.25, 0.3) is 6.08 Å². The molecular weight excluding hydrogens is 391 g/mol. The summed E-state index contributed by atoms with van der Waals surface area (Å²) in [7, 11) is 0. The van der Waals surface area contributed by atoms with Gasteiger partial charge >= 0.3 is 0 Å². The van der Waals surface area contributed by atoms with E-state index in [0.717, 1.165) is 16.8 Å². The Kier molecular flexibility index (Phi) is 6.04. The van der Waals surface area contributed by atoms with E-state index in [-0.39, 0.29) is 12.5 Å². The van der Waals surface area contributed by atoms with E-state index in [1.807, 2.05) is 31.2 Å². The number of aryl methyl sites for hydroxylation is 1.